The maximum Gasteiger partial charge on any atom is 0.337 e. The van der Waals surface area contributed by atoms with Crippen LogP contribution < -0.4 is 5.32 Å². The summed E-state index contributed by atoms with van der Waals surface area (Å²) < 4.78 is 13.1. The van der Waals surface area contributed by atoms with Crippen molar-refractivity contribution < 1.29 is 19.1 Å². The van der Waals surface area contributed by atoms with Crippen molar-refractivity contribution >= 4 is 17.6 Å². The van der Waals surface area contributed by atoms with Crippen LogP contribution in [0.25, 0.3) is 0 Å². The molecular weight excluding hydrogens is 263 g/mol. The fourth-order valence-corrected chi connectivity index (χ4v) is 1.66. The summed E-state index contributed by atoms with van der Waals surface area (Å²) >= 11 is 0. The molecule has 2 N–H and O–H groups in total. The minimum Gasteiger partial charge on any atom is -0.478 e. The van der Waals surface area contributed by atoms with E-state index in [9.17, 15) is 14.0 Å². The number of carboxylic acid groups (broad SMARTS) is 1. The van der Waals surface area contributed by atoms with Crippen molar-refractivity contribution in [2.24, 2.45) is 0 Å². The molecule has 0 fully saturated rings. The number of nitrogens with zero attached hydrogens (tertiary/aromatic N) is 1. The van der Waals surface area contributed by atoms with Gasteiger partial charge in [-0.3, -0.25) is 9.78 Å². The minimum atomic E-state index is -1.14. The number of halogens is 1. The normalized spacial score (nSPS) is 10.1. The maximum atomic E-state index is 13.1. The highest BCUT2D eigenvalue weighted by Gasteiger charge is 2.12. The summed E-state index contributed by atoms with van der Waals surface area (Å²) in [7, 11) is 0. The number of nitrogens with one attached hydrogen (secondary N) is 1. The van der Waals surface area contributed by atoms with E-state index in [-0.39, 0.29) is 16.8 Å². The van der Waals surface area contributed by atoms with E-state index >= 15 is 0 Å². The number of benzene rings is 1. The first-order chi connectivity index (χ1) is 9.47. The Kier molecular flexibility index (Phi) is 3.74. The molecule has 1 aromatic heterocycles. The molecule has 0 aliphatic carbocycles. The molecule has 0 unspecified atom stereocenters. The quantitative estimate of drug-likeness (QED) is 0.901. The van der Waals surface area contributed by atoms with Crippen molar-refractivity contribution in [3.8, 4) is 0 Å². The molecule has 0 atom stereocenters. The first-order valence-electron chi connectivity index (χ1n) is 5.73. The molecule has 1 amide bonds. The average molecular weight is 274 g/mol. The molecule has 102 valence electrons. The Hall–Kier alpha value is -2.76. The zero-order chi connectivity index (χ0) is 14.7. The number of rotatable bonds is 3. The van der Waals surface area contributed by atoms with Gasteiger partial charge in [0.05, 0.1) is 17.4 Å². The Morgan fingerprint density at radius 3 is 2.70 bits per heavy atom. The molecule has 0 bridgehead atoms. The first kappa shape index (κ1) is 13.7. The molecule has 6 heteroatoms. The Morgan fingerprint density at radius 1 is 1.25 bits per heavy atom. The fraction of sp³-hybridized carbons (Fsp3) is 0.0714. The number of aromatic carboxylic acids is 1. The number of carboxylic acids is 1. The van der Waals surface area contributed by atoms with Gasteiger partial charge in [-0.25, -0.2) is 9.18 Å². The van der Waals surface area contributed by atoms with Crippen molar-refractivity contribution in [2.75, 3.05) is 5.32 Å². The summed E-state index contributed by atoms with van der Waals surface area (Å²) in [6.45, 7) is 1.68. The third-order valence-corrected chi connectivity index (χ3v) is 2.69. The molecule has 0 aliphatic rings. The monoisotopic (exact) mass is 274 g/mol. The van der Waals surface area contributed by atoms with E-state index in [0.717, 1.165) is 6.07 Å². The zero-order valence-electron chi connectivity index (χ0n) is 10.6. The predicted octanol–water partition coefficient (Wildman–Crippen LogP) is 2.48. The number of hydrogen-bond donors (Lipinski definition) is 2. The summed E-state index contributed by atoms with van der Waals surface area (Å²) in [6, 6.07) is 5.16. The Labute approximate surface area is 114 Å². The summed E-state index contributed by atoms with van der Waals surface area (Å²) in [5.74, 6) is -2.18. The van der Waals surface area contributed by atoms with Crippen LogP contribution in [0.5, 0.6) is 0 Å². The smallest absolute Gasteiger partial charge is 0.337 e. The molecule has 0 spiro atoms. The second-order valence-electron chi connectivity index (χ2n) is 4.18. The van der Waals surface area contributed by atoms with Crippen LogP contribution in [-0.2, 0) is 0 Å². The number of carbonyl (C=O) groups is 2. The van der Waals surface area contributed by atoms with Crippen LogP contribution in [0, 0.1) is 12.7 Å². The van der Waals surface area contributed by atoms with E-state index in [0.29, 0.717) is 5.56 Å². The first-order valence-corrected chi connectivity index (χ1v) is 5.73. The highest BCUT2D eigenvalue weighted by Crippen LogP contribution is 2.14. The van der Waals surface area contributed by atoms with Gasteiger partial charge in [-0.05, 0) is 30.7 Å². The molecule has 5 nitrogen and oxygen atoms in total. The van der Waals surface area contributed by atoms with E-state index in [1.165, 1.54) is 30.6 Å². The second kappa shape index (κ2) is 5.48. The SMILES string of the molecule is Cc1ccc(F)cc1C(=O)Nc1cncc(C(=O)O)c1. The van der Waals surface area contributed by atoms with Crippen LogP contribution in [-0.4, -0.2) is 22.0 Å². The summed E-state index contributed by atoms with van der Waals surface area (Å²) in [5, 5.41) is 11.3. The van der Waals surface area contributed by atoms with E-state index in [1.54, 1.807) is 6.92 Å². The molecule has 0 aliphatic heterocycles. The lowest BCUT2D eigenvalue weighted by atomic mass is 10.1. The molecule has 20 heavy (non-hydrogen) atoms. The molecule has 1 heterocycles. The third kappa shape index (κ3) is 2.97. The van der Waals surface area contributed by atoms with Gasteiger partial charge >= 0.3 is 5.97 Å². The van der Waals surface area contributed by atoms with Gasteiger partial charge in [-0.1, -0.05) is 6.07 Å². The topological polar surface area (TPSA) is 79.3 Å². The lowest BCUT2D eigenvalue weighted by Crippen LogP contribution is -2.14. The molecule has 2 aromatic rings. The maximum absolute atomic E-state index is 13.1. The lowest BCUT2D eigenvalue weighted by molar-refractivity contribution is 0.0696. The van der Waals surface area contributed by atoms with Crippen LogP contribution in [0.2, 0.25) is 0 Å². The summed E-state index contributed by atoms with van der Waals surface area (Å²) in [6.07, 6.45) is 2.49. The van der Waals surface area contributed by atoms with Gasteiger partial charge in [-0.2, -0.15) is 0 Å². The summed E-state index contributed by atoms with van der Waals surface area (Å²) in [4.78, 5) is 26.5. The highest BCUT2D eigenvalue weighted by atomic mass is 19.1. The Balaban J connectivity index is 2.25. The lowest BCUT2D eigenvalue weighted by Gasteiger charge is -2.08. The van der Waals surface area contributed by atoms with E-state index in [4.69, 9.17) is 5.11 Å². The van der Waals surface area contributed by atoms with Crippen molar-refractivity contribution in [1.82, 2.24) is 4.98 Å². The van der Waals surface area contributed by atoms with Gasteiger partial charge in [0.1, 0.15) is 5.82 Å². The molecular formula is C14H11FN2O3. The molecule has 0 radical (unpaired) electrons. The third-order valence-electron chi connectivity index (χ3n) is 2.69. The van der Waals surface area contributed by atoms with E-state index in [2.05, 4.69) is 10.3 Å². The van der Waals surface area contributed by atoms with E-state index < -0.39 is 17.7 Å². The van der Waals surface area contributed by atoms with Crippen molar-refractivity contribution in [2.45, 2.75) is 6.92 Å². The number of amides is 1. The number of pyridine rings is 1. The van der Waals surface area contributed by atoms with Crippen LogP contribution in [0.1, 0.15) is 26.3 Å². The fourth-order valence-electron chi connectivity index (χ4n) is 1.66. The largest absolute Gasteiger partial charge is 0.478 e. The van der Waals surface area contributed by atoms with Gasteiger partial charge in [-0.15, -0.1) is 0 Å². The number of aromatic nitrogens is 1. The Bertz CT molecular complexity index is 686. The van der Waals surface area contributed by atoms with Crippen LogP contribution >= 0.6 is 0 Å². The highest BCUT2D eigenvalue weighted by molar-refractivity contribution is 6.05. The van der Waals surface area contributed by atoms with Gasteiger partial charge in [0.2, 0.25) is 0 Å². The van der Waals surface area contributed by atoms with Crippen LogP contribution in [0.4, 0.5) is 10.1 Å². The predicted molar refractivity (Wildman–Crippen MR) is 70.3 cm³/mol. The van der Waals surface area contributed by atoms with Crippen LogP contribution in [0.15, 0.2) is 36.7 Å². The van der Waals surface area contributed by atoms with Gasteiger partial charge in [0.15, 0.2) is 0 Å². The number of anilines is 1. The molecule has 0 saturated heterocycles. The number of aryl methyl sites for hydroxylation is 1. The van der Waals surface area contributed by atoms with Crippen molar-refractivity contribution in [3.63, 3.8) is 0 Å². The molecule has 2 rings (SSSR count). The zero-order valence-corrected chi connectivity index (χ0v) is 10.6. The molecule has 1 aromatic carbocycles. The Morgan fingerprint density at radius 2 is 2.00 bits per heavy atom. The second-order valence-corrected chi connectivity index (χ2v) is 4.18. The van der Waals surface area contributed by atoms with Gasteiger partial charge < -0.3 is 10.4 Å². The van der Waals surface area contributed by atoms with E-state index in [1.807, 2.05) is 0 Å². The van der Waals surface area contributed by atoms with Crippen molar-refractivity contribution in [3.05, 3.63) is 59.2 Å². The number of hydrogen-bond acceptors (Lipinski definition) is 3. The van der Waals surface area contributed by atoms with Gasteiger partial charge in [0, 0.05) is 11.8 Å². The molecule has 0 saturated carbocycles. The standard InChI is InChI=1S/C14H11FN2O3/c1-8-2-3-10(15)5-12(8)13(18)17-11-4-9(14(19)20)6-16-7-11/h2-7H,1H3,(H,17,18)(H,19,20). The summed E-state index contributed by atoms with van der Waals surface area (Å²) in [5.41, 5.74) is 0.995. The minimum absolute atomic E-state index is 0.0428. The number of carbonyl (C=O) groups excluding carboxylic acids is 1. The van der Waals surface area contributed by atoms with Gasteiger partial charge in [0.25, 0.3) is 5.91 Å². The van der Waals surface area contributed by atoms with Crippen molar-refractivity contribution in [1.29, 1.82) is 0 Å². The van der Waals surface area contributed by atoms with Crippen LogP contribution in [0.3, 0.4) is 0 Å². The average Bonchev–Trinajstić information content (AvgIpc) is 2.41.